The molecule has 0 amide bonds. The van der Waals surface area contributed by atoms with E-state index >= 15 is 0 Å². The zero-order chi connectivity index (χ0) is 17.3. The van der Waals surface area contributed by atoms with E-state index in [1.807, 2.05) is 24.3 Å². The zero-order valence-electron chi connectivity index (χ0n) is 13.3. The molecule has 1 aromatic carbocycles. The van der Waals surface area contributed by atoms with Crippen molar-refractivity contribution in [3.63, 3.8) is 0 Å². The molecule has 5 aromatic rings. The monoisotopic (exact) mass is 344 g/mol. The van der Waals surface area contributed by atoms with Crippen LogP contribution in [0.1, 0.15) is 0 Å². The predicted octanol–water partition coefficient (Wildman–Crippen LogP) is 2.51. The molecule has 0 spiro atoms. The number of rotatable bonds is 4. The fourth-order valence-electron chi connectivity index (χ4n) is 2.59. The third-order valence-corrected chi connectivity index (χ3v) is 3.71. The van der Waals surface area contributed by atoms with E-state index < -0.39 is 0 Å². The van der Waals surface area contributed by atoms with Gasteiger partial charge in [-0.25, -0.2) is 19.9 Å². The second-order valence-corrected chi connectivity index (χ2v) is 5.52. The number of hydrogen-bond donors (Lipinski definition) is 4. The molecule has 0 atom stereocenters. The van der Waals surface area contributed by atoms with Crippen molar-refractivity contribution < 1.29 is 0 Å². The maximum absolute atomic E-state index is 4.38. The molecule has 0 radical (unpaired) electrons. The van der Waals surface area contributed by atoms with Crippen LogP contribution in [0, 0.1) is 0 Å². The van der Waals surface area contributed by atoms with Gasteiger partial charge in [0.05, 0.1) is 12.4 Å². The molecule has 0 aliphatic carbocycles. The lowest BCUT2D eigenvalue weighted by Gasteiger charge is -2.06. The van der Waals surface area contributed by atoms with Crippen LogP contribution in [0.2, 0.25) is 0 Å². The number of benzene rings is 1. The smallest absolute Gasteiger partial charge is 0.207 e. The van der Waals surface area contributed by atoms with Crippen LogP contribution in [0.4, 0.5) is 23.3 Å². The Balaban J connectivity index is 1.39. The minimum Gasteiger partial charge on any atom is -0.326 e. The van der Waals surface area contributed by atoms with Crippen LogP contribution in [0.15, 0.2) is 49.3 Å². The van der Waals surface area contributed by atoms with E-state index in [0.717, 1.165) is 22.4 Å². The summed E-state index contributed by atoms with van der Waals surface area (Å²) in [6, 6.07) is 7.75. The Hall–Kier alpha value is -4.08. The number of hydrogen-bond acceptors (Lipinski definition) is 8. The van der Waals surface area contributed by atoms with Gasteiger partial charge in [0.25, 0.3) is 0 Å². The first kappa shape index (κ1) is 14.3. The molecule has 0 aliphatic heterocycles. The van der Waals surface area contributed by atoms with E-state index in [9.17, 15) is 0 Å². The van der Waals surface area contributed by atoms with Crippen molar-refractivity contribution in [1.82, 2.24) is 39.9 Å². The van der Waals surface area contributed by atoms with Crippen molar-refractivity contribution in [2.75, 3.05) is 10.6 Å². The third-order valence-electron chi connectivity index (χ3n) is 3.71. The number of nitrogens with zero attached hydrogens (tertiary/aromatic N) is 6. The number of anilines is 4. The summed E-state index contributed by atoms with van der Waals surface area (Å²) < 4.78 is 0. The summed E-state index contributed by atoms with van der Waals surface area (Å²) in [6.07, 6.45) is 6.30. The quantitative estimate of drug-likeness (QED) is 0.391. The van der Waals surface area contributed by atoms with Gasteiger partial charge < -0.3 is 20.6 Å². The Morgan fingerprint density at radius 1 is 0.731 bits per heavy atom. The number of nitrogens with one attached hydrogen (secondary N) is 4. The van der Waals surface area contributed by atoms with E-state index in [-0.39, 0.29) is 0 Å². The lowest BCUT2D eigenvalue weighted by molar-refractivity contribution is 1.20. The predicted molar refractivity (Wildman–Crippen MR) is 96.4 cm³/mol. The highest BCUT2D eigenvalue weighted by Gasteiger charge is 2.06. The summed E-state index contributed by atoms with van der Waals surface area (Å²) in [6.45, 7) is 0. The van der Waals surface area contributed by atoms with E-state index in [4.69, 9.17) is 0 Å². The fourth-order valence-corrected chi connectivity index (χ4v) is 2.59. The molecule has 0 saturated carbocycles. The lowest BCUT2D eigenvalue weighted by Crippen LogP contribution is -1.95. The van der Waals surface area contributed by atoms with Crippen molar-refractivity contribution in [2.24, 2.45) is 0 Å². The molecule has 10 heteroatoms. The highest BCUT2D eigenvalue weighted by atomic mass is 15.2. The molecule has 0 bridgehead atoms. The third kappa shape index (κ3) is 2.65. The van der Waals surface area contributed by atoms with Crippen LogP contribution >= 0.6 is 0 Å². The maximum atomic E-state index is 4.38. The van der Waals surface area contributed by atoms with Crippen molar-refractivity contribution in [1.29, 1.82) is 0 Å². The molecule has 4 aromatic heterocycles. The Morgan fingerprint density at radius 3 is 1.77 bits per heavy atom. The topological polar surface area (TPSA) is 133 Å². The largest absolute Gasteiger partial charge is 0.326 e. The van der Waals surface area contributed by atoms with Gasteiger partial charge >= 0.3 is 0 Å². The van der Waals surface area contributed by atoms with E-state index in [1.54, 1.807) is 12.4 Å². The minimum absolute atomic E-state index is 0.594. The number of fused-ring (bicyclic) bond motifs is 2. The SMILES string of the molecule is c1cc(Nc2nc3ncncc3[nH]2)cc(Nc2nc3ncncc3[nH]2)c1. The van der Waals surface area contributed by atoms with Gasteiger partial charge in [-0.2, -0.15) is 9.97 Å². The molecule has 10 nitrogen and oxygen atoms in total. The van der Waals surface area contributed by atoms with E-state index in [0.29, 0.717) is 23.2 Å². The van der Waals surface area contributed by atoms with Crippen molar-refractivity contribution in [3.8, 4) is 0 Å². The summed E-state index contributed by atoms with van der Waals surface area (Å²) in [4.78, 5) is 31.2. The fraction of sp³-hybridized carbons (Fsp3) is 0. The Labute approximate surface area is 146 Å². The molecule has 0 saturated heterocycles. The molecule has 0 unspecified atom stereocenters. The van der Waals surface area contributed by atoms with Gasteiger partial charge in [0, 0.05) is 11.4 Å². The Bertz CT molecular complexity index is 1050. The first-order valence-electron chi connectivity index (χ1n) is 7.79. The normalized spacial score (nSPS) is 11.1. The molecule has 5 rings (SSSR count). The van der Waals surface area contributed by atoms with Gasteiger partial charge in [-0.05, 0) is 18.2 Å². The molecule has 4 N–H and O–H groups in total. The number of H-pyrrole nitrogens is 2. The average molecular weight is 344 g/mol. The maximum Gasteiger partial charge on any atom is 0.207 e. The molecular weight excluding hydrogens is 332 g/mol. The molecule has 126 valence electrons. The van der Waals surface area contributed by atoms with Gasteiger partial charge in [0.2, 0.25) is 11.9 Å². The highest BCUT2D eigenvalue weighted by Crippen LogP contribution is 2.22. The Morgan fingerprint density at radius 2 is 1.27 bits per heavy atom. The molecular formula is C16H12N10. The lowest BCUT2D eigenvalue weighted by atomic mass is 10.3. The first-order valence-corrected chi connectivity index (χ1v) is 7.79. The van der Waals surface area contributed by atoms with Crippen LogP contribution in [-0.4, -0.2) is 39.9 Å². The van der Waals surface area contributed by atoms with Gasteiger partial charge in [0.15, 0.2) is 11.3 Å². The average Bonchev–Trinajstić information content (AvgIpc) is 3.24. The molecule has 26 heavy (non-hydrogen) atoms. The number of imidazole rings is 2. The van der Waals surface area contributed by atoms with Gasteiger partial charge in [-0.15, -0.1) is 0 Å². The second kappa shape index (κ2) is 5.77. The molecule has 0 aliphatic rings. The van der Waals surface area contributed by atoms with E-state index in [2.05, 4.69) is 50.5 Å². The van der Waals surface area contributed by atoms with Crippen molar-refractivity contribution in [2.45, 2.75) is 0 Å². The van der Waals surface area contributed by atoms with Gasteiger partial charge in [0.1, 0.15) is 23.7 Å². The standard InChI is InChI=1S/C16H12N10/c1-2-9(21-15-23-11-5-17-7-19-13(11)25-15)4-10(3-1)22-16-24-12-6-18-8-20-14(12)26-16/h1-8H,(H2,17,19,21,23,25)(H2,18,20,22,24,26). The summed E-state index contributed by atoms with van der Waals surface area (Å²) >= 11 is 0. The van der Waals surface area contributed by atoms with Crippen molar-refractivity contribution in [3.05, 3.63) is 49.3 Å². The number of aromatic amines is 2. The zero-order valence-corrected chi connectivity index (χ0v) is 13.3. The first-order chi connectivity index (χ1) is 12.8. The highest BCUT2D eigenvalue weighted by molar-refractivity contribution is 5.75. The summed E-state index contributed by atoms with van der Waals surface area (Å²) in [7, 11) is 0. The van der Waals surface area contributed by atoms with Crippen LogP contribution in [-0.2, 0) is 0 Å². The van der Waals surface area contributed by atoms with Crippen LogP contribution in [0.3, 0.4) is 0 Å². The van der Waals surface area contributed by atoms with Crippen molar-refractivity contribution >= 4 is 45.6 Å². The van der Waals surface area contributed by atoms with Gasteiger partial charge in [-0.3, -0.25) is 0 Å². The van der Waals surface area contributed by atoms with Gasteiger partial charge in [-0.1, -0.05) is 6.07 Å². The summed E-state index contributed by atoms with van der Waals surface area (Å²) in [5.41, 5.74) is 4.48. The summed E-state index contributed by atoms with van der Waals surface area (Å²) in [5, 5.41) is 6.44. The van der Waals surface area contributed by atoms with Crippen LogP contribution in [0.5, 0.6) is 0 Å². The van der Waals surface area contributed by atoms with E-state index in [1.165, 1.54) is 12.7 Å². The summed E-state index contributed by atoms with van der Waals surface area (Å²) in [5.74, 6) is 1.19. The molecule has 0 fully saturated rings. The molecule has 4 heterocycles. The number of aromatic nitrogens is 8. The Kier molecular flexibility index (Phi) is 3.17. The van der Waals surface area contributed by atoms with Crippen LogP contribution in [0.25, 0.3) is 22.3 Å². The minimum atomic E-state index is 0.594. The second-order valence-electron chi connectivity index (χ2n) is 5.52. The van der Waals surface area contributed by atoms with Crippen LogP contribution < -0.4 is 10.6 Å².